The van der Waals surface area contributed by atoms with Gasteiger partial charge in [-0.3, -0.25) is 5.01 Å². The molecule has 0 aromatic carbocycles. The second kappa shape index (κ2) is 3.13. The maximum atomic E-state index is 4.18. The summed E-state index contributed by atoms with van der Waals surface area (Å²) in [6.07, 6.45) is 6.91. The summed E-state index contributed by atoms with van der Waals surface area (Å²) in [7, 11) is 1.93. The number of hydrogen-bond donors (Lipinski definition) is 0. The summed E-state index contributed by atoms with van der Waals surface area (Å²) in [5.74, 6) is 0. The molecule has 1 heterocycles. The maximum absolute atomic E-state index is 4.18. The average molecular weight is 164 g/mol. The van der Waals surface area contributed by atoms with E-state index in [9.17, 15) is 0 Å². The quantitative estimate of drug-likeness (QED) is 0.537. The first-order valence-electron chi connectivity index (χ1n) is 4.16. The SMILES string of the molecule is C=C1N(C)N=C/C=C\CC1(C)C. The molecule has 0 aliphatic carbocycles. The van der Waals surface area contributed by atoms with Crippen LogP contribution in [-0.2, 0) is 0 Å². The Bertz CT molecular complexity index is 236. The second-order valence-corrected chi connectivity index (χ2v) is 3.75. The van der Waals surface area contributed by atoms with Gasteiger partial charge in [0.2, 0.25) is 0 Å². The molecule has 0 fully saturated rings. The van der Waals surface area contributed by atoms with E-state index in [1.54, 1.807) is 6.21 Å². The minimum atomic E-state index is 0.114. The zero-order valence-corrected chi connectivity index (χ0v) is 8.04. The van der Waals surface area contributed by atoms with Crippen LogP contribution in [-0.4, -0.2) is 18.3 Å². The van der Waals surface area contributed by atoms with Gasteiger partial charge < -0.3 is 0 Å². The van der Waals surface area contributed by atoms with Gasteiger partial charge in [-0.05, 0) is 12.5 Å². The molecule has 0 aromatic heterocycles. The monoisotopic (exact) mass is 164 g/mol. The lowest BCUT2D eigenvalue weighted by atomic mass is 9.85. The summed E-state index contributed by atoms with van der Waals surface area (Å²) in [5.41, 5.74) is 1.17. The first-order valence-corrected chi connectivity index (χ1v) is 4.16. The molecule has 0 bridgehead atoms. The zero-order valence-electron chi connectivity index (χ0n) is 8.04. The van der Waals surface area contributed by atoms with Gasteiger partial charge in [-0.2, -0.15) is 5.10 Å². The second-order valence-electron chi connectivity index (χ2n) is 3.75. The fraction of sp³-hybridized carbons (Fsp3) is 0.500. The van der Waals surface area contributed by atoms with E-state index in [0.29, 0.717) is 0 Å². The van der Waals surface area contributed by atoms with Gasteiger partial charge in [-0.25, -0.2) is 0 Å². The van der Waals surface area contributed by atoms with Crippen molar-refractivity contribution >= 4 is 6.21 Å². The molecule has 0 atom stereocenters. The van der Waals surface area contributed by atoms with Crippen LogP contribution < -0.4 is 0 Å². The lowest BCUT2D eigenvalue weighted by Gasteiger charge is -2.31. The Morgan fingerprint density at radius 2 is 2.25 bits per heavy atom. The molecule has 0 saturated heterocycles. The van der Waals surface area contributed by atoms with Crippen molar-refractivity contribution in [3.05, 3.63) is 24.4 Å². The fourth-order valence-electron chi connectivity index (χ4n) is 1.19. The first kappa shape index (κ1) is 9.04. The van der Waals surface area contributed by atoms with Gasteiger partial charge in [0.05, 0.1) is 0 Å². The Balaban J connectivity index is 2.90. The third-order valence-electron chi connectivity index (χ3n) is 2.26. The third-order valence-corrected chi connectivity index (χ3v) is 2.26. The van der Waals surface area contributed by atoms with Crippen LogP contribution in [0.4, 0.5) is 0 Å². The molecular formula is C10H16N2. The van der Waals surface area contributed by atoms with E-state index in [1.807, 2.05) is 18.1 Å². The molecule has 0 aromatic rings. The Labute approximate surface area is 74.3 Å². The number of allylic oxidation sites excluding steroid dienone is 3. The molecule has 0 N–H and O–H groups in total. The summed E-state index contributed by atoms with van der Waals surface area (Å²) in [6, 6.07) is 0. The molecule has 0 amide bonds. The zero-order chi connectivity index (χ0) is 9.19. The molecule has 2 nitrogen and oxygen atoms in total. The van der Waals surface area contributed by atoms with Crippen molar-refractivity contribution in [3.8, 4) is 0 Å². The van der Waals surface area contributed by atoms with Crippen molar-refractivity contribution in [3.63, 3.8) is 0 Å². The highest BCUT2D eigenvalue weighted by molar-refractivity contribution is 5.70. The van der Waals surface area contributed by atoms with Crippen molar-refractivity contribution in [1.29, 1.82) is 0 Å². The minimum absolute atomic E-state index is 0.114. The van der Waals surface area contributed by atoms with Crippen LogP contribution in [0.2, 0.25) is 0 Å². The highest BCUT2D eigenvalue weighted by atomic mass is 15.4. The van der Waals surface area contributed by atoms with Gasteiger partial charge in [-0.1, -0.05) is 26.5 Å². The van der Waals surface area contributed by atoms with E-state index >= 15 is 0 Å². The smallest absolute Gasteiger partial charge is 0.0471 e. The van der Waals surface area contributed by atoms with E-state index in [0.717, 1.165) is 12.1 Å². The van der Waals surface area contributed by atoms with E-state index in [1.165, 1.54) is 0 Å². The summed E-state index contributed by atoms with van der Waals surface area (Å²) >= 11 is 0. The Kier molecular flexibility index (Phi) is 2.36. The van der Waals surface area contributed by atoms with Crippen molar-refractivity contribution < 1.29 is 0 Å². The molecule has 12 heavy (non-hydrogen) atoms. The molecule has 1 rings (SSSR count). The van der Waals surface area contributed by atoms with Crippen molar-refractivity contribution in [1.82, 2.24) is 5.01 Å². The van der Waals surface area contributed by atoms with Crippen molar-refractivity contribution in [2.24, 2.45) is 10.5 Å². The number of hydrazone groups is 1. The fourth-order valence-corrected chi connectivity index (χ4v) is 1.19. The van der Waals surface area contributed by atoms with Crippen LogP contribution in [0.15, 0.2) is 29.5 Å². The lowest BCUT2D eigenvalue weighted by Crippen LogP contribution is -2.25. The Morgan fingerprint density at radius 1 is 1.58 bits per heavy atom. The third kappa shape index (κ3) is 1.76. The van der Waals surface area contributed by atoms with Crippen LogP contribution in [0, 0.1) is 5.41 Å². The molecule has 0 saturated carbocycles. The van der Waals surface area contributed by atoms with E-state index in [2.05, 4.69) is 31.6 Å². The van der Waals surface area contributed by atoms with E-state index in [-0.39, 0.29) is 5.41 Å². The average Bonchev–Trinajstić information content (AvgIpc) is 2.00. The van der Waals surface area contributed by atoms with Crippen LogP contribution in [0.5, 0.6) is 0 Å². The van der Waals surface area contributed by atoms with Gasteiger partial charge in [0.1, 0.15) is 0 Å². The summed E-state index contributed by atoms with van der Waals surface area (Å²) < 4.78 is 0. The molecular weight excluding hydrogens is 148 g/mol. The van der Waals surface area contributed by atoms with Gasteiger partial charge in [-0.15, -0.1) is 0 Å². The van der Waals surface area contributed by atoms with Crippen LogP contribution in [0.3, 0.4) is 0 Å². The summed E-state index contributed by atoms with van der Waals surface area (Å²) in [4.78, 5) is 0. The van der Waals surface area contributed by atoms with Gasteiger partial charge >= 0.3 is 0 Å². The van der Waals surface area contributed by atoms with Crippen LogP contribution in [0.1, 0.15) is 20.3 Å². The highest BCUT2D eigenvalue weighted by Gasteiger charge is 2.23. The number of rotatable bonds is 0. The Morgan fingerprint density at radius 3 is 2.92 bits per heavy atom. The van der Waals surface area contributed by atoms with Crippen molar-refractivity contribution in [2.45, 2.75) is 20.3 Å². The molecule has 1 aliphatic rings. The summed E-state index contributed by atoms with van der Waals surface area (Å²) in [5, 5.41) is 6.02. The van der Waals surface area contributed by atoms with E-state index < -0.39 is 0 Å². The molecule has 0 unspecified atom stereocenters. The first-order chi connectivity index (χ1) is 5.54. The van der Waals surface area contributed by atoms with Crippen LogP contribution in [0.25, 0.3) is 0 Å². The number of nitrogens with zero attached hydrogens (tertiary/aromatic N) is 2. The topological polar surface area (TPSA) is 15.6 Å². The molecule has 2 heteroatoms. The predicted molar refractivity (Wildman–Crippen MR) is 52.9 cm³/mol. The van der Waals surface area contributed by atoms with Crippen molar-refractivity contribution in [2.75, 3.05) is 7.05 Å². The Hall–Kier alpha value is -1.05. The maximum Gasteiger partial charge on any atom is 0.0471 e. The molecule has 66 valence electrons. The largest absolute Gasteiger partial charge is 0.273 e. The lowest BCUT2D eigenvalue weighted by molar-refractivity contribution is 0.304. The number of hydrogen-bond acceptors (Lipinski definition) is 2. The highest BCUT2D eigenvalue weighted by Crippen LogP contribution is 2.31. The van der Waals surface area contributed by atoms with Gasteiger partial charge in [0.15, 0.2) is 0 Å². The predicted octanol–water partition coefficient (Wildman–Crippen LogP) is 2.40. The van der Waals surface area contributed by atoms with E-state index in [4.69, 9.17) is 0 Å². The minimum Gasteiger partial charge on any atom is -0.273 e. The summed E-state index contributed by atoms with van der Waals surface area (Å²) in [6.45, 7) is 8.38. The molecule has 0 spiro atoms. The normalized spacial score (nSPS) is 24.9. The standard InChI is InChI=1S/C10H16N2/c1-9-10(2,3)7-5-6-8-11-12(9)4/h5-6,8H,1,7H2,2-4H3/b6-5-,11-8?. The van der Waals surface area contributed by atoms with Crippen LogP contribution >= 0.6 is 0 Å². The molecule has 0 radical (unpaired) electrons. The van der Waals surface area contributed by atoms with Gasteiger partial charge in [0.25, 0.3) is 0 Å². The van der Waals surface area contributed by atoms with Gasteiger partial charge in [0, 0.05) is 24.4 Å². The molecule has 1 aliphatic heterocycles.